The van der Waals surface area contributed by atoms with Gasteiger partial charge in [0.1, 0.15) is 10.8 Å². The molecule has 0 atom stereocenters. The van der Waals surface area contributed by atoms with Crippen LogP contribution in [0.4, 0.5) is 9.39 Å². The summed E-state index contributed by atoms with van der Waals surface area (Å²) < 4.78 is 18.0. The van der Waals surface area contributed by atoms with Gasteiger partial charge in [-0.15, -0.1) is 11.3 Å². The molecule has 23 heavy (non-hydrogen) atoms. The maximum Gasteiger partial charge on any atom is 0.291 e. The van der Waals surface area contributed by atoms with Crippen LogP contribution in [0, 0.1) is 5.82 Å². The summed E-state index contributed by atoms with van der Waals surface area (Å²) in [6, 6.07) is 8.39. The van der Waals surface area contributed by atoms with Crippen molar-refractivity contribution in [3.05, 3.63) is 65.2 Å². The molecule has 1 aromatic carbocycles. The van der Waals surface area contributed by atoms with Crippen LogP contribution in [0.3, 0.4) is 0 Å². The molecule has 0 unspecified atom stereocenters. The Bertz CT molecular complexity index is 853. The molecule has 0 aliphatic rings. The molecule has 0 saturated carbocycles. The zero-order valence-corrected chi connectivity index (χ0v) is 12.4. The Morgan fingerprint density at radius 2 is 1.91 bits per heavy atom. The van der Waals surface area contributed by atoms with E-state index in [1.807, 2.05) is 0 Å². The van der Waals surface area contributed by atoms with Gasteiger partial charge >= 0.3 is 0 Å². The molecule has 1 N–H and O–H groups in total. The van der Waals surface area contributed by atoms with Crippen molar-refractivity contribution in [3.8, 4) is 11.1 Å². The van der Waals surface area contributed by atoms with Gasteiger partial charge in [-0.1, -0.05) is 12.1 Å². The minimum absolute atomic E-state index is 0.0611. The first kappa shape index (κ1) is 15.0. The number of halogens is 1. The molecular formula is C16H9FNO4S-. The first-order chi connectivity index (χ1) is 11.1. The summed E-state index contributed by atoms with van der Waals surface area (Å²) in [7, 11) is 0. The fourth-order valence-corrected chi connectivity index (χ4v) is 3.02. The minimum Gasteiger partial charge on any atom is -0.545 e. The van der Waals surface area contributed by atoms with E-state index in [4.69, 9.17) is 4.42 Å². The Kier molecular flexibility index (Phi) is 3.94. The van der Waals surface area contributed by atoms with E-state index in [-0.39, 0.29) is 16.3 Å². The molecule has 116 valence electrons. The molecule has 0 spiro atoms. The number of amides is 1. The van der Waals surface area contributed by atoms with E-state index in [2.05, 4.69) is 5.32 Å². The lowest BCUT2D eigenvalue weighted by atomic mass is 10.0. The topological polar surface area (TPSA) is 82.4 Å². The summed E-state index contributed by atoms with van der Waals surface area (Å²) in [5.41, 5.74) is 0.714. The molecule has 0 bridgehead atoms. The Hall–Kier alpha value is -2.93. The van der Waals surface area contributed by atoms with Crippen LogP contribution >= 0.6 is 11.3 Å². The number of furan rings is 1. The summed E-state index contributed by atoms with van der Waals surface area (Å²) in [6.45, 7) is 0. The van der Waals surface area contributed by atoms with Crippen molar-refractivity contribution in [2.45, 2.75) is 0 Å². The first-order valence-electron chi connectivity index (χ1n) is 6.50. The van der Waals surface area contributed by atoms with E-state index in [1.54, 1.807) is 11.4 Å². The maximum absolute atomic E-state index is 13.0. The van der Waals surface area contributed by atoms with Gasteiger partial charge in [-0.2, -0.15) is 0 Å². The van der Waals surface area contributed by atoms with Gasteiger partial charge in [0.2, 0.25) is 0 Å². The van der Waals surface area contributed by atoms with Gasteiger partial charge in [-0.3, -0.25) is 4.79 Å². The standard InChI is InChI=1S/C16H10FNO4S/c17-10-5-3-9(4-6-10)11-8-23-15(13(11)16(20)21)18-14(19)12-2-1-7-22-12/h1-8H,(H,18,19)(H,20,21)/p-1. The molecule has 2 heterocycles. The fraction of sp³-hybridized carbons (Fsp3) is 0. The number of hydrogen-bond acceptors (Lipinski definition) is 5. The van der Waals surface area contributed by atoms with Crippen molar-refractivity contribution in [1.29, 1.82) is 0 Å². The number of aromatic carboxylic acids is 1. The van der Waals surface area contributed by atoms with Gasteiger partial charge in [0, 0.05) is 16.5 Å². The molecule has 0 radical (unpaired) electrons. The highest BCUT2D eigenvalue weighted by molar-refractivity contribution is 7.15. The summed E-state index contributed by atoms with van der Waals surface area (Å²) in [6.07, 6.45) is 1.34. The van der Waals surface area contributed by atoms with E-state index in [0.717, 1.165) is 11.3 Å². The average molecular weight is 330 g/mol. The Labute approximate surface area is 134 Å². The molecule has 7 heteroatoms. The second-order valence-electron chi connectivity index (χ2n) is 4.58. The highest BCUT2D eigenvalue weighted by Gasteiger charge is 2.18. The Morgan fingerprint density at radius 3 is 2.52 bits per heavy atom. The number of carbonyl (C=O) groups is 2. The lowest BCUT2D eigenvalue weighted by molar-refractivity contribution is -0.254. The van der Waals surface area contributed by atoms with Crippen LogP contribution < -0.4 is 10.4 Å². The zero-order valence-electron chi connectivity index (χ0n) is 11.5. The van der Waals surface area contributed by atoms with Crippen LogP contribution in [0.2, 0.25) is 0 Å². The highest BCUT2D eigenvalue weighted by atomic mass is 32.1. The summed E-state index contributed by atoms with van der Waals surface area (Å²) in [4.78, 5) is 23.4. The number of carboxylic acid groups (broad SMARTS) is 1. The number of carbonyl (C=O) groups excluding carboxylic acids is 2. The van der Waals surface area contributed by atoms with Crippen LogP contribution in [-0.4, -0.2) is 11.9 Å². The molecule has 3 rings (SSSR count). The Morgan fingerprint density at radius 1 is 1.17 bits per heavy atom. The number of hydrogen-bond donors (Lipinski definition) is 1. The summed E-state index contributed by atoms with van der Waals surface area (Å²) in [5.74, 6) is -2.36. The lowest BCUT2D eigenvalue weighted by Gasteiger charge is -2.09. The first-order valence-corrected chi connectivity index (χ1v) is 7.38. The number of rotatable bonds is 4. The van der Waals surface area contributed by atoms with Crippen molar-refractivity contribution in [2.75, 3.05) is 5.32 Å². The second-order valence-corrected chi connectivity index (χ2v) is 5.46. The van der Waals surface area contributed by atoms with E-state index in [1.165, 1.54) is 36.6 Å². The normalized spacial score (nSPS) is 10.5. The number of benzene rings is 1. The third-order valence-corrected chi connectivity index (χ3v) is 4.02. The largest absolute Gasteiger partial charge is 0.545 e. The highest BCUT2D eigenvalue weighted by Crippen LogP contribution is 2.35. The predicted molar refractivity (Wildman–Crippen MR) is 80.7 cm³/mol. The van der Waals surface area contributed by atoms with Crippen LogP contribution in [0.1, 0.15) is 20.9 Å². The second kappa shape index (κ2) is 6.05. The number of anilines is 1. The number of carboxylic acids is 1. The number of nitrogens with one attached hydrogen (secondary N) is 1. The molecule has 2 aromatic heterocycles. The molecule has 1 amide bonds. The SMILES string of the molecule is O=C(Nc1scc(-c2ccc(F)cc2)c1C(=O)[O-])c1ccco1. The molecule has 0 aliphatic heterocycles. The molecular weight excluding hydrogens is 321 g/mol. The number of thiophene rings is 1. The molecule has 5 nitrogen and oxygen atoms in total. The third kappa shape index (κ3) is 3.00. The van der Waals surface area contributed by atoms with E-state index >= 15 is 0 Å². The molecule has 0 aliphatic carbocycles. The van der Waals surface area contributed by atoms with E-state index in [9.17, 15) is 19.1 Å². The van der Waals surface area contributed by atoms with Crippen molar-refractivity contribution in [3.63, 3.8) is 0 Å². The van der Waals surface area contributed by atoms with Crippen LogP contribution in [0.25, 0.3) is 11.1 Å². The van der Waals surface area contributed by atoms with Gasteiger partial charge in [-0.25, -0.2) is 4.39 Å². The minimum atomic E-state index is -1.43. The van der Waals surface area contributed by atoms with Crippen molar-refractivity contribution in [1.82, 2.24) is 0 Å². The van der Waals surface area contributed by atoms with E-state index in [0.29, 0.717) is 11.1 Å². The van der Waals surface area contributed by atoms with E-state index < -0.39 is 17.7 Å². The molecule has 0 saturated heterocycles. The van der Waals surface area contributed by atoms with Gasteiger partial charge in [-0.05, 0) is 29.8 Å². The maximum atomic E-state index is 13.0. The third-order valence-electron chi connectivity index (χ3n) is 3.12. The quantitative estimate of drug-likeness (QED) is 0.797. The van der Waals surface area contributed by atoms with Crippen LogP contribution in [-0.2, 0) is 0 Å². The van der Waals surface area contributed by atoms with Gasteiger partial charge < -0.3 is 19.6 Å². The van der Waals surface area contributed by atoms with Crippen molar-refractivity contribution >= 4 is 28.2 Å². The van der Waals surface area contributed by atoms with Gasteiger partial charge in [0.25, 0.3) is 5.91 Å². The fourth-order valence-electron chi connectivity index (χ4n) is 2.07. The van der Waals surface area contributed by atoms with Gasteiger partial charge in [0.05, 0.1) is 12.2 Å². The monoisotopic (exact) mass is 330 g/mol. The zero-order chi connectivity index (χ0) is 16.4. The average Bonchev–Trinajstić information content (AvgIpc) is 3.17. The molecule has 0 fully saturated rings. The van der Waals surface area contributed by atoms with Crippen LogP contribution in [0.15, 0.2) is 52.5 Å². The van der Waals surface area contributed by atoms with Crippen molar-refractivity contribution < 1.29 is 23.5 Å². The lowest BCUT2D eigenvalue weighted by Crippen LogP contribution is -2.24. The smallest absolute Gasteiger partial charge is 0.291 e. The molecule has 3 aromatic rings. The van der Waals surface area contributed by atoms with Crippen LogP contribution in [0.5, 0.6) is 0 Å². The Balaban J connectivity index is 1.97. The van der Waals surface area contributed by atoms with Gasteiger partial charge in [0.15, 0.2) is 5.76 Å². The summed E-state index contributed by atoms with van der Waals surface area (Å²) >= 11 is 1.04. The summed E-state index contributed by atoms with van der Waals surface area (Å²) in [5, 5.41) is 15.6. The van der Waals surface area contributed by atoms with Crippen molar-refractivity contribution in [2.24, 2.45) is 0 Å². The predicted octanol–water partition coefficient (Wildman–Crippen LogP) is 2.76.